The van der Waals surface area contributed by atoms with Gasteiger partial charge in [-0.1, -0.05) is 38.1 Å². The maximum absolute atomic E-state index is 9.79. The molecule has 0 aliphatic heterocycles. The molecule has 0 heterocycles. The standard InChI is InChI=1S/C23H32O6/c1-4-27-14-20(26)16-29-22-11-7-18(8-12-22)23(2,3)17-5-9-21(10-6-17)28-15-19(25)13-24/h5-12,19-20,24-26H,4,13-16H2,1-3H3. The average molecular weight is 405 g/mol. The molecule has 3 N–H and O–H groups in total. The third-order valence-electron chi connectivity index (χ3n) is 4.76. The number of benzene rings is 2. The van der Waals surface area contributed by atoms with Crippen molar-refractivity contribution in [2.45, 2.75) is 38.4 Å². The van der Waals surface area contributed by atoms with E-state index in [2.05, 4.69) is 13.8 Å². The third-order valence-corrected chi connectivity index (χ3v) is 4.76. The molecule has 0 radical (unpaired) electrons. The number of aliphatic hydroxyl groups is 3. The van der Waals surface area contributed by atoms with E-state index in [4.69, 9.17) is 19.3 Å². The van der Waals surface area contributed by atoms with Crippen LogP contribution >= 0.6 is 0 Å². The molecule has 2 aromatic rings. The lowest BCUT2D eigenvalue weighted by molar-refractivity contribution is 0.0164. The van der Waals surface area contributed by atoms with Gasteiger partial charge >= 0.3 is 0 Å². The predicted octanol–water partition coefficient (Wildman–Crippen LogP) is 2.52. The molecular weight excluding hydrogens is 372 g/mol. The van der Waals surface area contributed by atoms with Gasteiger partial charge in [0.2, 0.25) is 0 Å². The molecule has 2 unspecified atom stereocenters. The van der Waals surface area contributed by atoms with E-state index >= 15 is 0 Å². The molecular formula is C23H32O6. The molecule has 6 nitrogen and oxygen atoms in total. The molecule has 0 spiro atoms. The van der Waals surface area contributed by atoms with Gasteiger partial charge in [-0.15, -0.1) is 0 Å². The Labute approximate surface area is 172 Å². The van der Waals surface area contributed by atoms with E-state index in [1.54, 1.807) is 0 Å². The Morgan fingerprint density at radius 1 is 0.759 bits per heavy atom. The zero-order valence-corrected chi connectivity index (χ0v) is 17.4. The molecule has 29 heavy (non-hydrogen) atoms. The Morgan fingerprint density at radius 2 is 1.21 bits per heavy atom. The van der Waals surface area contributed by atoms with Crippen molar-refractivity contribution in [3.05, 3.63) is 59.7 Å². The van der Waals surface area contributed by atoms with Gasteiger partial charge in [-0.3, -0.25) is 0 Å². The van der Waals surface area contributed by atoms with Gasteiger partial charge in [0.1, 0.15) is 36.9 Å². The minimum atomic E-state index is -0.882. The second kappa shape index (κ2) is 11.2. The van der Waals surface area contributed by atoms with Crippen molar-refractivity contribution in [1.82, 2.24) is 0 Å². The van der Waals surface area contributed by atoms with Gasteiger partial charge in [0.25, 0.3) is 0 Å². The van der Waals surface area contributed by atoms with Crippen LogP contribution in [-0.2, 0) is 10.2 Å². The van der Waals surface area contributed by atoms with Crippen LogP contribution in [0.2, 0.25) is 0 Å². The Balaban J connectivity index is 1.97. The molecule has 0 bridgehead atoms. The summed E-state index contributed by atoms with van der Waals surface area (Å²) in [6.45, 7) is 6.92. The second-order valence-electron chi connectivity index (χ2n) is 7.45. The van der Waals surface area contributed by atoms with Crippen molar-refractivity contribution in [3.63, 3.8) is 0 Å². The van der Waals surface area contributed by atoms with E-state index in [0.717, 1.165) is 11.1 Å². The van der Waals surface area contributed by atoms with Gasteiger partial charge < -0.3 is 29.5 Å². The first-order valence-electron chi connectivity index (χ1n) is 9.88. The summed E-state index contributed by atoms with van der Waals surface area (Å²) in [5.41, 5.74) is 2.02. The number of hydrogen-bond donors (Lipinski definition) is 3. The van der Waals surface area contributed by atoms with Crippen molar-refractivity contribution >= 4 is 0 Å². The number of ether oxygens (including phenoxy) is 3. The van der Waals surface area contributed by atoms with Crippen LogP contribution in [-0.4, -0.2) is 60.6 Å². The first-order chi connectivity index (χ1) is 13.9. The van der Waals surface area contributed by atoms with E-state index in [1.807, 2.05) is 55.5 Å². The molecule has 0 saturated heterocycles. The molecule has 0 amide bonds. The SMILES string of the molecule is CCOCC(O)COc1ccc(C(C)(C)c2ccc(OCC(O)CO)cc2)cc1. The summed E-state index contributed by atoms with van der Waals surface area (Å²) < 4.78 is 16.3. The largest absolute Gasteiger partial charge is 0.491 e. The summed E-state index contributed by atoms with van der Waals surface area (Å²) in [6.07, 6.45) is -1.53. The summed E-state index contributed by atoms with van der Waals surface area (Å²) in [7, 11) is 0. The highest BCUT2D eigenvalue weighted by Gasteiger charge is 2.23. The van der Waals surface area contributed by atoms with E-state index in [0.29, 0.717) is 18.1 Å². The van der Waals surface area contributed by atoms with Crippen molar-refractivity contribution in [1.29, 1.82) is 0 Å². The monoisotopic (exact) mass is 404 g/mol. The van der Waals surface area contributed by atoms with E-state index in [9.17, 15) is 10.2 Å². The normalized spacial score (nSPS) is 13.7. The van der Waals surface area contributed by atoms with Crippen molar-refractivity contribution in [2.75, 3.05) is 33.0 Å². The van der Waals surface area contributed by atoms with Crippen LogP contribution in [0.25, 0.3) is 0 Å². The van der Waals surface area contributed by atoms with Crippen LogP contribution in [0.3, 0.4) is 0 Å². The van der Waals surface area contributed by atoms with Crippen molar-refractivity contribution in [3.8, 4) is 11.5 Å². The first-order valence-corrected chi connectivity index (χ1v) is 9.88. The summed E-state index contributed by atoms with van der Waals surface area (Å²) >= 11 is 0. The van der Waals surface area contributed by atoms with Gasteiger partial charge in [-0.2, -0.15) is 0 Å². The summed E-state index contributed by atoms with van der Waals surface area (Å²) in [4.78, 5) is 0. The van der Waals surface area contributed by atoms with Crippen LogP contribution < -0.4 is 9.47 Å². The lowest BCUT2D eigenvalue weighted by atomic mass is 9.78. The van der Waals surface area contributed by atoms with E-state index in [-0.39, 0.29) is 31.8 Å². The third kappa shape index (κ3) is 7.01. The molecule has 160 valence electrons. The molecule has 2 atom stereocenters. The predicted molar refractivity (Wildman–Crippen MR) is 112 cm³/mol. The Bertz CT molecular complexity index is 711. The van der Waals surface area contributed by atoms with Crippen molar-refractivity contribution in [2.24, 2.45) is 0 Å². The highest BCUT2D eigenvalue weighted by Crippen LogP contribution is 2.33. The summed E-state index contributed by atoms with van der Waals surface area (Å²) in [5.74, 6) is 1.35. The lowest BCUT2D eigenvalue weighted by Gasteiger charge is -2.26. The van der Waals surface area contributed by atoms with E-state index in [1.165, 1.54) is 0 Å². The molecule has 0 saturated carbocycles. The highest BCUT2D eigenvalue weighted by atomic mass is 16.5. The van der Waals surface area contributed by atoms with Crippen LogP contribution in [0, 0.1) is 0 Å². The van der Waals surface area contributed by atoms with Crippen molar-refractivity contribution < 1.29 is 29.5 Å². The number of hydrogen-bond acceptors (Lipinski definition) is 6. The average Bonchev–Trinajstić information content (AvgIpc) is 2.75. The lowest BCUT2D eigenvalue weighted by Crippen LogP contribution is -2.23. The molecule has 6 heteroatoms. The zero-order valence-electron chi connectivity index (χ0n) is 17.4. The summed E-state index contributed by atoms with van der Waals surface area (Å²) in [5, 5.41) is 28.0. The minimum Gasteiger partial charge on any atom is -0.491 e. The fraction of sp³-hybridized carbons (Fsp3) is 0.478. The maximum atomic E-state index is 9.79. The Kier molecular flexibility index (Phi) is 8.92. The van der Waals surface area contributed by atoms with Crippen LogP contribution in [0.4, 0.5) is 0 Å². The van der Waals surface area contributed by atoms with Gasteiger partial charge in [0.15, 0.2) is 0 Å². The second-order valence-corrected chi connectivity index (χ2v) is 7.45. The quantitative estimate of drug-likeness (QED) is 0.504. The van der Waals surface area contributed by atoms with Gasteiger partial charge in [0, 0.05) is 12.0 Å². The van der Waals surface area contributed by atoms with Crippen LogP contribution in [0.1, 0.15) is 31.9 Å². The molecule has 2 aromatic carbocycles. The summed E-state index contributed by atoms with van der Waals surface area (Å²) in [6, 6.07) is 15.6. The molecule has 0 aliphatic rings. The van der Waals surface area contributed by atoms with Gasteiger partial charge in [-0.05, 0) is 42.3 Å². The van der Waals surface area contributed by atoms with Crippen LogP contribution in [0.5, 0.6) is 11.5 Å². The van der Waals surface area contributed by atoms with Gasteiger partial charge in [-0.25, -0.2) is 0 Å². The smallest absolute Gasteiger partial charge is 0.119 e. The zero-order chi connectivity index (χ0) is 21.3. The Hall–Kier alpha value is -2.12. The molecule has 0 aliphatic carbocycles. The maximum Gasteiger partial charge on any atom is 0.119 e. The van der Waals surface area contributed by atoms with E-state index < -0.39 is 12.2 Å². The molecule has 0 aromatic heterocycles. The first kappa shape index (κ1) is 23.2. The number of rotatable bonds is 12. The highest BCUT2D eigenvalue weighted by molar-refractivity contribution is 5.41. The van der Waals surface area contributed by atoms with Gasteiger partial charge in [0.05, 0.1) is 13.2 Å². The van der Waals surface area contributed by atoms with Crippen LogP contribution in [0.15, 0.2) is 48.5 Å². The fourth-order valence-corrected chi connectivity index (χ4v) is 2.84. The Morgan fingerprint density at radius 3 is 1.62 bits per heavy atom. The molecule has 0 fully saturated rings. The molecule has 2 rings (SSSR count). The fourth-order valence-electron chi connectivity index (χ4n) is 2.84. The topological polar surface area (TPSA) is 88.4 Å². The number of aliphatic hydroxyl groups excluding tert-OH is 3. The minimum absolute atomic E-state index is 0.0555.